The Morgan fingerprint density at radius 2 is 1.95 bits per heavy atom. The zero-order valence-electron chi connectivity index (χ0n) is 13.2. The van der Waals surface area contributed by atoms with Crippen LogP contribution in [0, 0.1) is 11.8 Å². The number of ether oxygens (including phenoxy) is 2. The molecule has 0 spiro atoms. The molecule has 1 N–H and O–H groups in total. The third-order valence-corrected chi connectivity index (χ3v) is 5.17. The molecule has 2 aliphatic carbocycles. The number of hydrogen-bond acceptors (Lipinski definition) is 3. The van der Waals surface area contributed by atoms with Crippen LogP contribution >= 0.6 is 23.2 Å². The predicted octanol–water partition coefficient (Wildman–Crippen LogP) is 3.55. The van der Waals surface area contributed by atoms with E-state index in [1.165, 1.54) is 20.6 Å². The predicted molar refractivity (Wildman–Crippen MR) is 87.7 cm³/mol. The summed E-state index contributed by atoms with van der Waals surface area (Å²) in [6, 6.07) is 0.181. The van der Waals surface area contributed by atoms with E-state index >= 15 is 0 Å². The highest BCUT2D eigenvalue weighted by Gasteiger charge is 2.40. The molecule has 1 amide bonds. The summed E-state index contributed by atoms with van der Waals surface area (Å²) in [4.78, 5) is 12.8. The fourth-order valence-corrected chi connectivity index (χ4v) is 3.94. The number of amides is 1. The molecule has 22 heavy (non-hydrogen) atoms. The smallest absolute Gasteiger partial charge is 0.234 e. The molecule has 1 fully saturated rings. The molecular formula is C16H23Cl2NO3. The van der Waals surface area contributed by atoms with Crippen molar-refractivity contribution in [3.05, 3.63) is 21.9 Å². The number of nitrogens with one attached hydrogen (secondary N) is 1. The first kappa shape index (κ1) is 17.6. The van der Waals surface area contributed by atoms with Crippen LogP contribution in [0.15, 0.2) is 21.9 Å². The fraction of sp³-hybridized carbons (Fsp3) is 0.688. The number of halogens is 2. The van der Waals surface area contributed by atoms with E-state index < -0.39 is 12.0 Å². The van der Waals surface area contributed by atoms with E-state index in [4.69, 9.17) is 32.7 Å². The van der Waals surface area contributed by atoms with E-state index in [0.29, 0.717) is 21.7 Å². The quantitative estimate of drug-likeness (QED) is 0.845. The van der Waals surface area contributed by atoms with Crippen molar-refractivity contribution in [3.63, 3.8) is 0 Å². The van der Waals surface area contributed by atoms with Crippen LogP contribution in [0.25, 0.3) is 0 Å². The summed E-state index contributed by atoms with van der Waals surface area (Å²) in [5.74, 6) is 0.0681. The lowest BCUT2D eigenvalue weighted by Gasteiger charge is -2.34. The third-order valence-electron chi connectivity index (χ3n) is 4.55. The van der Waals surface area contributed by atoms with Crippen LogP contribution in [0.3, 0.4) is 0 Å². The number of methoxy groups -OCH3 is 2. The highest BCUT2D eigenvalue weighted by molar-refractivity contribution is 6.35. The summed E-state index contributed by atoms with van der Waals surface area (Å²) in [7, 11) is 3.03. The van der Waals surface area contributed by atoms with Gasteiger partial charge in [-0.3, -0.25) is 4.79 Å². The minimum absolute atomic E-state index is 0.146. The number of hydrogen-bond donors (Lipinski definition) is 1. The van der Waals surface area contributed by atoms with E-state index in [9.17, 15) is 4.79 Å². The van der Waals surface area contributed by atoms with Crippen molar-refractivity contribution in [1.29, 1.82) is 0 Å². The number of carbonyl (C=O) groups excluding carboxylic acids is 1. The summed E-state index contributed by atoms with van der Waals surface area (Å²) in [5.41, 5.74) is 0. The lowest BCUT2D eigenvalue weighted by atomic mass is 9.85. The van der Waals surface area contributed by atoms with Crippen molar-refractivity contribution in [1.82, 2.24) is 5.32 Å². The molecule has 4 unspecified atom stereocenters. The monoisotopic (exact) mass is 347 g/mol. The van der Waals surface area contributed by atoms with Crippen LogP contribution < -0.4 is 5.32 Å². The van der Waals surface area contributed by atoms with Crippen LogP contribution in [-0.2, 0) is 14.3 Å². The van der Waals surface area contributed by atoms with E-state index in [-0.39, 0.29) is 11.9 Å². The van der Waals surface area contributed by atoms with Crippen molar-refractivity contribution < 1.29 is 14.3 Å². The molecule has 1 saturated carbocycles. The van der Waals surface area contributed by atoms with Gasteiger partial charge < -0.3 is 14.8 Å². The van der Waals surface area contributed by atoms with Gasteiger partial charge in [-0.2, -0.15) is 0 Å². The van der Waals surface area contributed by atoms with E-state index in [1.54, 1.807) is 6.08 Å². The molecule has 4 nitrogen and oxygen atoms in total. The molecule has 124 valence electrons. The van der Waals surface area contributed by atoms with Gasteiger partial charge in [0.2, 0.25) is 5.91 Å². The highest BCUT2D eigenvalue weighted by Crippen LogP contribution is 2.36. The Morgan fingerprint density at radius 1 is 1.27 bits per heavy atom. The fourth-order valence-electron chi connectivity index (χ4n) is 3.25. The van der Waals surface area contributed by atoms with Gasteiger partial charge in [0.25, 0.3) is 0 Å². The Balaban J connectivity index is 2.19. The first-order valence-electron chi connectivity index (χ1n) is 7.63. The van der Waals surface area contributed by atoms with E-state index in [2.05, 4.69) is 12.2 Å². The minimum atomic E-state index is -0.658. The van der Waals surface area contributed by atoms with Gasteiger partial charge in [0, 0.05) is 18.2 Å². The molecule has 0 aromatic heterocycles. The summed E-state index contributed by atoms with van der Waals surface area (Å²) >= 11 is 12.4. The summed E-state index contributed by atoms with van der Waals surface area (Å²) in [5, 5.41) is 3.88. The number of carbonyl (C=O) groups is 1. The van der Waals surface area contributed by atoms with E-state index in [1.807, 2.05) is 0 Å². The Morgan fingerprint density at radius 3 is 2.55 bits per heavy atom. The van der Waals surface area contributed by atoms with Crippen molar-refractivity contribution in [2.75, 3.05) is 14.2 Å². The van der Waals surface area contributed by atoms with Gasteiger partial charge in [-0.1, -0.05) is 43.0 Å². The lowest BCUT2D eigenvalue weighted by molar-refractivity contribution is -0.129. The van der Waals surface area contributed by atoms with Gasteiger partial charge in [0.1, 0.15) is 17.8 Å². The van der Waals surface area contributed by atoms with Crippen LogP contribution in [0.1, 0.15) is 32.6 Å². The van der Waals surface area contributed by atoms with Crippen LogP contribution in [0.4, 0.5) is 0 Å². The second-order valence-corrected chi connectivity index (χ2v) is 6.80. The summed E-state index contributed by atoms with van der Waals surface area (Å²) in [6.07, 6.45) is 5.50. The average Bonchev–Trinajstić information content (AvgIpc) is 2.49. The largest absolute Gasteiger partial charge is 0.499 e. The minimum Gasteiger partial charge on any atom is -0.499 e. The van der Waals surface area contributed by atoms with Gasteiger partial charge >= 0.3 is 0 Å². The van der Waals surface area contributed by atoms with Gasteiger partial charge in [0.15, 0.2) is 0 Å². The second kappa shape index (κ2) is 7.71. The van der Waals surface area contributed by atoms with Gasteiger partial charge in [-0.25, -0.2) is 0 Å². The molecule has 0 aliphatic heterocycles. The molecule has 6 heteroatoms. The van der Waals surface area contributed by atoms with Crippen LogP contribution in [0.2, 0.25) is 0 Å². The zero-order chi connectivity index (χ0) is 16.3. The Labute approximate surface area is 141 Å². The molecule has 0 aromatic rings. The van der Waals surface area contributed by atoms with Crippen LogP contribution in [-0.4, -0.2) is 32.3 Å². The zero-order valence-corrected chi connectivity index (χ0v) is 14.7. The molecule has 2 aliphatic rings. The standard InChI is InChI=1S/C16H23Cl2NO3/c1-9-6-4-5-7-12(9)19-16(20)13-14(21-2)10(17)8-11(18)15(13)22-3/h8-9,12-14H,4-7H2,1-3H3,(H,19,20). The molecular weight excluding hydrogens is 325 g/mol. The molecule has 0 bridgehead atoms. The molecule has 2 rings (SSSR count). The second-order valence-electron chi connectivity index (χ2n) is 5.96. The van der Waals surface area contributed by atoms with Crippen molar-refractivity contribution in [2.45, 2.75) is 44.8 Å². The highest BCUT2D eigenvalue weighted by atomic mass is 35.5. The van der Waals surface area contributed by atoms with Crippen molar-refractivity contribution in [2.24, 2.45) is 11.8 Å². The van der Waals surface area contributed by atoms with Gasteiger partial charge in [-0.05, 0) is 24.8 Å². The van der Waals surface area contributed by atoms with Gasteiger partial charge in [0.05, 0.1) is 12.1 Å². The maximum absolute atomic E-state index is 12.8. The topological polar surface area (TPSA) is 47.6 Å². The van der Waals surface area contributed by atoms with Gasteiger partial charge in [-0.15, -0.1) is 0 Å². The molecule has 0 heterocycles. The molecule has 0 radical (unpaired) electrons. The average molecular weight is 348 g/mol. The first-order chi connectivity index (χ1) is 10.5. The molecule has 0 aromatic carbocycles. The maximum atomic E-state index is 12.8. The van der Waals surface area contributed by atoms with Crippen molar-refractivity contribution >= 4 is 29.1 Å². The summed E-state index contributed by atoms with van der Waals surface area (Å²) < 4.78 is 10.7. The lowest BCUT2D eigenvalue weighted by Crippen LogP contribution is -2.48. The SMILES string of the molecule is COC1=C(Cl)C=C(Cl)C(OC)C1C(=O)NC1CCCCC1C. The summed E-state index contributed by atoms with van der Waals surface area (Å²) in [6.45, 7) is 2.17. The number of allylic oxidation sites excluding steroid dienone is 2. The normalized spacial score (nSPS) is 32.5. The van der Waals surface area contributed by atoms with Crippen molar-refractivity contribution in [3.8, 4) is 0 Å². The van der Waals surface area contributed by atoms with E-state index in [0.717, 1.165) is 19.3 Å². The Hall–Kier alpha value is -0.710. The molecule has 0 saturated heterocycles. The molecule has 4 atom stereocenters. The number of rotatable bonds is 4. The Bertz CT molecular complexity index is 490. The Kier molecular flexibility index (Phi) is 6.18. The third kappa shape index (κ3) is 3.61. The van der Waals surface area contributed by atoms with Crippen LogP contribution in [0.5, 0.6) is 0 Å². The maximum Gasteiger partial charge on any atom is 0.234 e. The first-order valence-corrected chi connectivity index (χ1v) is 8.39.